The Morgan fingerprint density at radius 1 is 1.23 bits per heavy atom. The molecule has 1 saturated heterocycles. The Kier molecular flexibility index (Phi) is 6.88. The van der Waals surface area contributed by atoms with Crippen molar-refractivity contribution < 1.29 is 14.3 Å². The molecule has 0 aliphatic carbocycles. The summed E-state index contributed by atoms with van der Waals surface area (Å²) in [7, 11) is 1.64. The number of hydrogen-bond donors (Lipinski definition) is 2. The summed E-state index contributed by atoms with van der Waals surface area (Å²) in [5.74, 6) is 0.964. The summed E-state index contributed by atoms with van der Waals surface area (Å²) in [5.41, 5.74) is 2.08. The molecule has 1 aliphatic rings. The van der Waals surface area contributed by atoms with E-state index in [-0.39, 0.29) is 17.4 Å². The minimum Gasteiger partial charge on any atom is -0.497 e. The van der Waals surface area contributed by atoms with E-state index in [1.54, 1.807) is 19.4 Å². The third-order valence-electron chi connectivity index (χ3n) is 4.96. The highest BCUT2D eigenvalue weighted by atomic mass is 32.2. The molecule has 1 aliphatic heterocycles. The Hall–Kier alpha value is -2.85. The molecule has 2 aromatic heterocycles. The van der Waals surface area contributed by atoms with Crippen LogP contribution < -0.4 is 10.1 Å². The van der Waals surface area contributed by atoms with Gasteiger partial charge in [-0.15, -0.1) is 10.2 Å². The lowest BCUT2D eigenvalue weighted by Crippen LogP contribution is -2.27. The summed E-state index contributed by atoms with van der Waals surface area (Å²) in [6.45, 7) is 2.19. The number of nitrogens with one attached hydrogen (secondary N) is 2. The van der Waals surface area contributed by atoms with E-state index in [9.17, 15) is 9.59 Å². The molecule has 0 atom stereocenters. The summed E-state index contributed by atoms with van der Waals surface area (Å²) in [6, 6.07) is 9.44. The first kappa shape index (κ1) is 21.4. The molecule has 162 valence electrons. The van der Waals surface area contributed by atoms with Gasteiger partial charge in [0.15, 0.2) is 10.1 Å². The zero-order valence-electron chi connectivity index (χ0n) is 17.1. The Balaban J connectivity index is 1.26. The van der Waals surface area contributed by atoms with Crippen molar-refractivity contribution in [2.75, 3.05) is 31.3 Å². The zero-order chi connectivity index (χ0) is 21.6. The van der Waals surface area contributed by atoms with Crippen molar-refractivity contribution in [3.63, 3.8) is 0 Å². The molecule has 0 unspecified atom stereocenters. The normalized spacial score (nSPS) is 13.4. The highest BCUT2D eigenvalue weighted by molar-refractivity contribution is 8.01. The Labute approximate surface area is 188 Å². The van der Waals surface area contributed by atoms with Gasteiger partial charge in [0.25, 0.3) is 5.91 Å². The molecule has 3 heterocycles. The molecule has 2 N–H and O–H groups in total. The lowest BCUT2D eigenvalue weighted by Gasteiger charge is -2.13. The summed E-state index contributed by atoms with van der Waals surface area (Å²) < 4.78 is 5.87. The van der Waals surface area contributed by atoms with Crippen LogP contribution in [0.2, 0.25) is 0 Å². The van der Waals surface area contributed by atoms with E-state index in [4.69, 9.17) is 4.74 Å². The minimum atomic E-state index is -0.0512. The average molecular weight is 458 g/mol. The summed E-state index contributed by atoms with van der Waals surface area (Å²) >= 11 is 2.75. The number of aromatic amines is 1. The number of amides is 1. The van der Waals surface area contributed by atoms with Crippen LogP contribution in [0.25, 0.3) is 0 Å². The molecule has 0 spiro atoms. The van der Waals surface area contributed by atoms with E-state index < -0.39 is 0 Å². The number of ether oxygens (including phenoxy) is 1. The molecular formula is C21H23N5O3S2. The van der Waals surface area contributed by atoms with Gasteiger partial charge in [-0.2, -0.15) is 0 Å². The average Bonchev–Trinajstić information content (AvgIpc) is 3.57. The van der Waals surface area contributed by atoms with Gasteiger partial charge in [0.2, 0.25) is 5.13 Å². The van der Waals surface area contributed by atoms with Gasteiger partial charge in [-0.1, -0.05) is 35.2 Å². The fraction of sp³-hybridized carbons (Fsp3) is 0.333. The van der Waals surface area contributed by atoms with E-state index in [0.717, 1.165) is 41.6 Å². The molecule has 1 amide bonds. The quantitative estimate of drug-likeness (QED) is 0.373. The number of rotatable bonds is 9. The number of anilines is 1. The number of benzene rings is 1. The summed E-state index contributed by atoms with van der Waals surface area (Å²) in [6.07, 6.45) is 3.68. The number of likely N-dealkylation sites (tertiary alicyclic amines) is 1. The lowest BCUT2D eigenvalue weighted by molar-refractivity contribution is 0.0787. The van der Waals surface area contributed by atoms with Crippen molar-refractivity contribution in [1.82, 2.24) is 20.1 Å². The van der Waals surface area contributed by atoms with E-state index in [1.165, 1.54) is 23.1 Å². The predicted octanol–water partition coefficient (Wildman–Crippen LogP) is 3.70. The van der Waals surface area contributed by atoms with Gasteiger partial charge >= 0.3 is 0 Å². The molecule has 8 nitrogen and oxygen atoms in total. The molecule has 4 rings (SSSR count). The van der Waals surface area contributed by atoms with Crippen molar-refractivity contribution in [2.24, 2.45) is 0 Å². The van der Waals surface area contributed by atoms with Gasteiger partial charge in [0.1, 0.15) is 11.4 Å². The van der Waals surface area contributed by atoms with Crippen molar-refractivity contribution in [3.05, 3.63) is 53.3 Å². The van der Waals surface area contributed by atoms with Crippen LogP contribution in [0.3, 0.4) is 0 Å². The number of hydrogen-bond acceptors (Lipinski definition) is 8. The van der Waals surface area contributed by atoms with E-state index in [2.05, 4.69) is 20.5 Å². The number of carbonyl (C=O) groups excluding carboxylic acids is 2. The van der Waals surface area contributed by atoms with E-state index in [1.807, 2.05) is 29.2 Å². The second kappa shape index (κ2) is 9.97. The molecule has 0 radical (unpaired) electrons. The summed E-state index contributed by atoms with van der Waals surface area (Å²) in [5, 5.41) is 12.2. The number of Topliss-reactive ketones (excluding diaryl/α,β-unsaturated/α-hetero) is 1. The minimum absolute atomic E-state index is 0.0408. The van der Waals surface area contributed by atoms with Crippen LogP contribution in [-0.4, -0.2) is 57.7 Å². The largest absolute Gasteiger partial charge is 0.497 e. The maximum Gasteiger partial charge on any atom is 0.270 e. The number of nitrogens with zero attached hydrogens (tertiary/aromatic N) is 3. The van der Waals surface area contributed by atoms with Gasteiger partial charge in [0.05, 0.1) is 12.9 Å². The highest BCUT2D eigenvalue weighted by Gasteiger charge is 2.22. The fourth-order valence-corrected chi connectivity index (χ4v) is 4.88. The Morgan fingerprint density at radius 2 is 2.00 bits per heavy atom. The third-order valence-corrected chi connectivity index (χ3v) is 6.98. The zero-order valence-corrected chi connectivity index (χ0v) is 18.7. The highest BCUT2D eigenvalue weighted by Crippen LogP contribution is 2.27. The monoisotopic (exact) mass is 457 g/mol. The van der Waals surface area contributed by atoms with Crippen LogP contribution in [0.15, 0.2) is 40.9 Å². The standard InChI is InChI=1S/C21H23N5O3S2/c1-29-16-6-4-14(5-7-16)11-23-20-24-25-21(31-20)30-13-18(27)15-10-17(22-12-15)19(28)26-8-2-3-9-26/h4-7,10,12,22H,2-3,8-9,11,13H2,1H3,(H,23,24). The van der Waals surface area contributed by atoms with Crippen molar-refractivity contribution in [1.29, 1.82) is 0 Å². The first-order valence-electron chi connectivity index (χ1n) is 9.96. The van der Waals surface area contributed by atoms with Gasteiger partial charge in [-0.05, 0) is 36.6 Å². The van der Waals surface area contributed by atoms with Crippen LogP contribution in [0.1, 0.15) is 39.3 Å². The van der Waals surface area contributed by atoms with Crippen molar-refractivity contribution in [2.45, 2.75) is 23.7 Å². The van der Waals surface area contributed by atoms with Gasteiger partial charge in [0, 0.05) is 31.4 Å². The molecule has 1 fully saturated rings. The lowest BCUT2D eigenvalue weighted by atomic mass is 10.2. The van der Waals surface area contributed by atoms with Crippen LogP contribution in [0, 0.1) is 0 Å². The molecule has 10 heteroatoms. The van der Waals surface area contributed by atoms with Crippen LogP contribution >= 0.6 is 23.1 Å². The Bertz CT molecular complexity index is 1040. The van der Waals surface area contributed by atoms with Gasteiger partial charge in [-0.25, -0.2) is 0 Å². The first-order chi connectivity index (χ1) is 15.1. The third kappa shape index (κ3) is 5.45. The number of thioether (sulfide) groups is 1. The SMILES string of the molecule is COc1ccc(CNc2nnc(SCC(=O)c3c[nH]c(C(=O)N4CCCC4)c3)s2)cc1. The molecule has 31 heavy (non-hydrogen) atoms. The topological polar surface area (TPSA) is 100 Å². The van der Waals surface area contributed by atoms with E-state index >= 15 is 0 Å². The van der Waals surface area contributed by atoms with Gasteiger partial charge < -0.3 is 19.9 Å². The van der Waals surface area contributed by atoms with Crippen molar-refractivity contribution in [3.8, 4) is 5.75 Å². The second-order valence-electron chi connectivity index (χ2n) is 7.09. The predicted molar refractivity (Wildman–Crippen MR) is 121 cm³/mol. The number of aromatic nitrogens is 3. The molecule has 0 saturated carbocycles. The molecular weight excluding hydrogens is 434 g/mol. The maximum atomic E-state index is 12.5. The van der Waals surface area contributed by atoms with Crippen LogP contribution in [0.4, 0.5) is 5.13 Å². The fourth-order valence-electron chi connectivity index (χ4n) is 3.24. The molecule has 3 aromatic rings. The summed E-state index contributed by atoms with van der Waals surface area (Å²) in [4.78, 5) is 29.7. The Morgan fingerprint density at radius 3 is 2.74 bits per heavy atom. The number of H-pyrrole nitrogens is 1. The number of ketones is 1. The molecule has 1 aromatic carbocycles. The molecule has 0 bridgehead atoms. The maximum absolute atomic E-state index is 12.5. The van der Waals surface area contributed by atoms with Crippen molar-refractivity contribution >= 4 is 39.9 Å². The van der Waals surface area contributed by atoms with E-state index in [0.29, 0.717) is 22.9 Å². The first-order valence-corrected chi connectivity index (χ1v) is 11.8. The number of carbonyl (C=O) groups is 2. The number of methoxy groups -OCH3 is 1. The smallest absolute Gasteiger partial charge is 0.270 e. The second-order valence-corrected chi connectivity index (χ2v) is 9.29. The van der Waals surface area contributed by atoms with Crippen LogP contribution in [0.5, 0.6) is 5.75 Å². The van der Waals surface area contributed by atoms with Gasteiger partial charge in [-0.3, -0.25) is 9.59 Å². The van der Waals surface area contributed by atoms with Crippen LogP contribution in [-0.2, 0) is 6.54 Å².